The van der Waals surface area contributed by atoms with Crippen LogP contribution >= 0.6 is 0 Å². The molecular weight excluding hydrogens is 257 g/mol. The highest BCUT2D eigenvalue weighted by atomic mass is 19.1. The lowest BCUT2D eigenvalue weighted by atomic mass is 10.0. The van der Waals surface area contributed by atoms with Crippen LogP contribution in [0.5, 0.6) is 0 Å². The minimum Gasteiger partial charge on any atom is -0.318 e. The van der Waals surface area contributed by atoms with Crippen LogP contribution < -0.4 is 4.90 Å². The summed E-state index contributed by atoms with van der Waals surface area (Å²) in [6.45, 7) is 0. The fourth-order valence-corrected chi connectivity index (χ4v) is 1.83. The van der Waals surface area contributed by atoms with Gasteiger partial charge in [-0.1, -0.05) is 12.1 Å². The summed E-state index contributed by atoms with van der Waals surface area (Å²) in [5.41, 5.74) is 2.06. The first kappa shape index (κ1) is 13.9. The Labute approximate surface area is 116 Å². The molecule has 20 heavy (non-hydrogen) atoms. The van der Waals surface area contributed by atoms with E-state index < -0.39 is 0 Å². The molecule has 4 heteroatoms. The fourth-order valence-electron chi connectivity index (χ4n) is 1.83. The Balaban J connectivity index is 2.09. The largest absolute Gasteiger partial charge is 0.318 e. The van der Waals surface area contributed by atoms with E-state index in [2.05, 4.69) is 0 Å². The number of rotatable bonds is 5. The molecule has 0 spiro atoms. The smallest absolute Gasteiger partial charge is 0.213 e. The zero-order chi connectivity index (χ0) is 14.5. The lowest BCUT2D eigenvalue weighted by Gasteiger charge is -2.10. The third-order valence-electron chi connectivity index (χ3n) is 3.03. The van der Waals surface area contributed by atoms with E-state index in [4.69, 9.17) is 0 Å². The van der Waals surface area contributed by atoms with Crippen LogP contribution in [0.3, 0.4) is 0 Å². The van der Waals surface area contributed by atoms with Gasteiger partial charge in [0.1, 0.15) is 5.82 Å². The van der Waals surface area contributed by atoms with Gasteiger partial charge in [0.15, 0.2) is 5.78 Å². The summed E-state index contributed by atoms with van der Waals surface area (Å²) in [7, 11) is 1.64. The maximum Gasteiger partial charge on any atom is 0.213 e. The van der Waals surface area contributed by atoms with Gasteiger partial charge in [0.2, 0.25) is 6.41 Å². The van der Waals surface area contributed by atoms with E-state index in [1.54, 1.807) is 43.4 Å². The van der Waals surface area contributed by atoms with E-state index in [9.17, 15) is 14.0 Å². The average molecular weight is 271 g/mol. The molecule has 0 N–H and O–H groups in total. The molecule has 0 aliphatic carbocycles. The van der Waals surface area contributed by atoms with Crippen molar-refractivity contribution in [3.8, 4) is 0 Å². The van der Waals surface area contributed by atoms with Gasteiger partial charge in [-0.3, -0.25) is 9.59 Å². The summed E-state index contributed by atoms with van der Waals surface area (Å²) in [5, 5.41) is 0. The van der Waals surface area contributed by atoms with Gasteiger partial charge in [-0.2, -0.15) is 0 Å². The van der Waals surface area contributed by atoms with Gasteiger partial charge in [-0.15, -0.1) is 0 Å². The number of benzene rings is 2. The first-order valence-electron chi connectivity index (χ1n) is 6.16. The molecule has 0 unspecified atom stereocenters. The van der Waals surface area contributed by atoms with Gasteiger partial charge in [-0.25, -0.2) is 4.39 Å². The number of nitrogens with zero attached hydrogens (tertiary/aromatic N) is 1. The Hall–Kier alpha value is -2.49. The van der Waals surface area contributed by atoms with E-state index in [0.29, 0.717) is 12.0 Å². The van der Waals surface area contributed by atoms with Crippen LogP contribution in [0.1, 0.15) is 15.9 Å². The van der Waals surface area contributed by atoms with E-state index >= 15 is 0 Å². The third-order valence-corrected chi connectivity index (χ3v) is 3.03. The van der Waals surface area contributed by atoms with Crippen LogP contribution in [0.15, 0.2) is 48.5 Å². The number of ketones is 1. The van der Waals surface area contributed by atoms with Crippen molar-refractivity contribution in [2.75, 3.05) is 11.9 Å². The second-order valence-corrected chi connectivity index (χ2v) is 4.49. The Morgan fingerprint density at radius 1 is 1.10 bits per heavy atom. The predicted molar refractivity (Wildman–Crippen MR) is 75.3 cm³/mol. The standard InChI is InChI=1S/C16H14FNO2/c1-18(11-19)15-8-4-13(5-9-15)16(20)10-12-2-6-14(17)7-3-12/h2-9,11H,10H2,1H3. The fraction of sp³-hybridized carbons (Fsp3) is 0.125. The Kier molecular flexibility index (Phi) is 4.25. The van der Waals surface area contributed by atoms with Crippen molar-refractivity contribution in [1.29, 1.82) is 0 Å². The predicted octanol–water partition coefficient (Wildman–Crippen LogP) is 2.84. The molecular formula is C16H14FNO2. The van der Waals surface area contributed by atoms with Gasteiger partial charge in [0.05, 0.1) is 0 Å². The molecule has 0 saturated carbocycles. The zero-order valence-corrected chi connectivity index (χ0v) is 11.0. The molecule has 0 bridgehead atoms. The summed E-state index contributed by atoms with van der Waals surface area (Å²) in [6, 6.07) is 12.7. The van der Waals surface area contributed by atoms with E-state index in [0.717, 1.165) is 11.3 Å². The van der Waals surface area contributed by atoms with Gasteiger partial charge in [-0.05, 0) is 42.0 Å². The van der Waals surface area contributed by atoms with Crippen LogP contribution in [-0.2, 0) is 11.2 Å². The Bertz CT molecular complexity index is 605. The molecule has 0 fully saturated rings. The number of anilines is 1. The first-order valence-corrected chi connectivity index (χ1v) is 6.16. The normalized spacial score (nSPS) is 10.1. The number of hydrogen-bond donors (Lipinski definition) is 0. The number of halogens is 1. The molecule has 0 aliphatic heterocycles. The minimum absolute atomic E-state index is 0.0445. The highest BCUT2D eigenvalue weighted by Crippen LogP contribution is 2.14. The van der Waals surface area contributed by atoms with Gasteiger partial charge in [0.25, 0.3) is 0 Å². The average Bonchev–Trinajstić information content (AvgIpc) is 2.49. The molecule has 0 atom stereocenters. The molecule has 2 aromatic rings. The number of Topliss-reactive ketones (excluding diaryl/α,β-unsaturated/α-hetero) is 1. The van der Waals surface area contributed by atoms with Gasteiger partial charge < -0.3 is 4.90 Å². The zero-order valence-electron chi connectivity index (χ0n) is 11.0. The molecule has 0 heterocycles. The van der Waals surface area contributed by atoms with E-state index in [1.807, 2.05) is 0 Å². The van der Waals surface area contributed by atoms with Gasteiger partial charge in [0, 0.05) is 24.7 Å². The summed E-state index contributed by atoms with van der Waals surface area (Å²) >= 11 is 0. The maximum absolute atomic E-state index is 12.8. The monoisotopic (exact) mass is 271 g/mol. The Morgan fingerprint density at radius 2 is 1.70 bits per heavy atom. The summed E-state index contributed by atoms with van der Waals surface area (Å²) < 4.78 is 12.8. The van der Waals surface area contributed by atoms with Crippen molar-refractivity contribution in [2.45, 2.75) is 6.42 Å². The van der Waals surface area contributed by atoms with E-state index in [1.165, 1.54) is 17.0 Å². The van der Waals surface area contributed by atoms with Crippen LogP contribution in [-0.4, -0.2) is 19.2 Å². The van der Waals surface area contributed by atoms with Crippen molar-refractivity contribution in [2.24, 2.45) is 0 Å². The van der Waals surface area contributed by atoms with Crippen molar-refractivity contribution < 1.29 is 14.0 Å². The topological polar surface area (TPSA) is 37.4 Å². The molecule has 0 radical (unpaired) electrons. The first-order chi connectivity index (χ1) is 9.60. The van der Waals surface area contributed by atoms with Gasteiger partial charge >= 0.3 is 0 Å². The third kappa shape index (κ3) is 3.29. The number of hydrogen-bond acceptors (Lipinski definition) is 2. The number of amides is 1. The highest BCUT2D eigenvalue weighted by molar-refractivity contribution is 5.98. The maximum atomic E-state index is 12.8. The summed E-state index contributed by atoms with van der Waals surface area (Å²) in [5.74, 6) is -0.362. The van der Waals surface area contributed by atoms with Crippen molar-refractivity contribution in [3.63, 3.8) is 0 Å². The van der Waals surface area contributed by atoms with Crippen molar-refractivity contribution >= 4 is 17.9 Å². The molecule has 2 aromatic carbocycles. The van der Waals surface area contributed by atoms with Crippen LogP contribution in [0.4, 0.5) is 10.1 Å². The van der Waals surface area contributed by atoms with Crippen molar-refractivity contribution in [3.05, 3.63) is 65.5 Å². The molecule has 1 amide bonds. The SMILES string of the molecule is CN(C=O)c1ccc(C(=O)Cc2ccc(F)cc2)cc1. The Morgan fingerprint density at radius 3 is 2.25 bits per heavy atom. The molecule has 102 valence electrons. The quantitative estimate of drug-likeness (QED) is 0.619. The lowest BCUT2D eigenvalue weighted by molar-refractivity contribution is -0.107. The molecule has 0 aliphatic rings. The number of carbonyl (C=O) groups is 2. The lowest BCUT2D eigenvalue weighted by Crippen LogP contribution is -2.13. The summed E-state index contributed by atoms with van der Waals surface area (Å²) in [4.78, 5) is 24.1. The molecule has 3 nitrogen and oxygen atoms in total. The van der Waals surface area contributed by atoms with Crippen LogP contribution in [0, 0.1) is 5.82 Å². The highest BCUT2D eigenvalue weighted by Gasteiger charge is 2.08. The van der Waals surface area contributed by atoms with E-state index in [-0.39, 0.29) is 18.0 Å². The van der Waals surface area contributed by atoms with Crippen LogP contribution in [0.2, 0.25) is 0 Å². The second kappa shape index (κ2) is 6.10. The molecule has 0 aromatic heterocycles. The summed E-state index contributed by atoms with van der Waals surface area (Å²) in [6.07, 6.45) is 0.929. The molecule has 0 saturated heterocycles. The molecule has 2 rings (SSSR count). The number of carbonyl (C=O) groups excluding carboxylic acids is 2. The van der Waals surface area contributed by atoms with Crippen molar-refractivity contribution in [1.82, 2.24) is 0 Å². The minimum atomic E-state index is -0.317. The second-order valence-electron chi connectivity index (χ2n) is 4.49. The van der Waals surface area contributed by atoms with Crippen LogP contribution in [0.25, 0.3) is 0 Å².